The van der Waals surface area contributed by atoms with Gasteiger partial charge in [-0.1, -0.05) is 30.3 Å². The van der Waals surface area contributed by atoms with Crippen LogP contribution >= 0.6 is 12.2 Å². The van der Waals surface area contributed by atoms with Gasteiger partial charge in [0.1, 0.15) is 0 Å². The largest absolute Gasteiger partial charge is 0.332 e. The quantitative estimate of drug-likeness (QED) is 0.634. The number of para-hydroxylation sites is 2. The van der Waals surface area contributed by atoms with Gasteiger partial charge in [0.15, 0.2) is 5.11 Å². The van der Waals surface area contributed by atoms with Crippen molar-refractivity contribution in [1.29, 1.82) is 0 Å². The second-order valence-electron chi connectivity index (χ2n) is 4.38. The van der Waals surface area contributed by atoms with Gasteiger partial charge in [0.25, 0.3) is 5.56 Å². The summed E-state index contributed by atoms with van der Waals surface area (Å²) in [6.45, 7) is 0. The number of hydrogen-bond acceptors (Lipinski definition) is 3. The Morgan fingerprint density at radius 1 is 1.00 bits per heavy atom. The lowest BCUT2D eigenvalue weighted by molar-refractivity contribution is 1.18. The average molecular weight is 296 g/mol. The van der Waals surface area contributed by atoms with Crippen LogP contribution in [-0.2, 0) is 0 Å². The van der Waals surface area contributed by atoms with Gasteiger partial charge in [0.05, 0.1) is 10.9 Å². The molecule has 0 aliphatic heterocycles. The number of rotatable bonds is 2. The number of thiocarbonyl (C=S) groups is 1. The van der Waals surface area contributed by atoms with Crippen LogP contribution in [0.2, 0.25) is 0 Å². The molecule has 0 spiro atoms. The minimum atomic E-state index is -0.203. The van der Waals surface area contributed by atoms with Crippen LogP contribution in [0.4, 0.5) is 11.6 Å². The highest BCUT2D eigenvalue weighted by molar-refractivity contribution is 7.80. The van der Waals surface area contributed by atoms with Gasteiger partial charge in [0, 0.05) is 5.69 Å². The Balaban J connectivity index is 1.82. The van der Waals surface area contributed by atoms with Gasteiger partial charge in [-0.15, -0.1) is 0 Å². The van der Waals surface area contributed by atoms with Crippen LogP contribution in [0, 0.1) is 0 Å². The van der Waals surface area contributed by atoms with E-state index in [2.05, 4.69) is 20.6 Å². The van der Waals surface area contributed by atoms with Crippen molar-refractivity contribution in [3.8, 4) is 0 Å². The molecule has 0 unspecified atom stereocenters. The number of hydrogen-bond donors (Lipinski definition) is 3. The number of nitrogens with zero attached hydrogens (tertiary/aromatic N) is 1. The van der Waals surface area contributed by atoms with E-state index >= 15 is 0 Å². The third-order valence-corrected chi connectivity index (χ3v) is 3.08. The summed E-state index contributed by atoms with van der Waals surface area (Å²) in [5.41, 5.74) is 1.27. The standard InChI is InChI=1S/C15H12N4OS/c20-13-11-8-4-5-9-12(11)17-14(18-13)19-15(21)16-10-6-2-1-3-7-10/h1-9H,(H3,16,17,18,19,20,21). The van der Waals surface area contributed by atoms with Gasteiger partial charge in [-0.25, -0.2) is 4.98 Å². The zero-order chi connectivity index (χ0) is 14.7. The molecule has 0 saturated carbocycles. The van der Waals surface area contributed by atoms with Gasteiger partial charge in [-0.05, 0) is 36.5 Å². The number of anilines is 2. The van der Waals surface area contributed by atoms with Crippen LogP contribution in [0.25, 0.3) is 10.9 Å². The Kier molecular flexibility index (Phi) is 3.61. The maximum atomic E-state index is 11.9. The molecule has 0 saturated heterocycles. The zero-order valence-corrected chi connectivity index (χ0v) is 11.8. The molecule has 3 rings (SSSR count). The third kappa shape index (κ3) is 3.06. The molecule has 1 aromatic heterocycles. The highest BCUT2D eigenvalue weighted by Crippen LogP contribution is 2.09. The van der Waals surface area contributed by atoms with Crippen molar-refractivity contribution in [1.82, 2.24) is 9.97 Å². The van der Waals surface area contributed by atoms with Gasteiger partial charge in [0.2, 0.25) is 5.95 Å². The summed E-state index contributed by atoms with van der Waals surface area (Å²) in [5.74, 6) is 0.312. The fourth-order valence-electron chi connectivity index (χ4n) is 1.94. The van der Waals surface area contributed by atoms with Gasteiger partial charge in [-0.3, -0.25) is 9.78 Å². The summed E-state index contributed by atoms with van der Waals surface area (Å²) in [5, 5.41) is 6.80. The van der Waals surface area contributed by atoms with E-state index in [1.54, 1.807) is 18.2 Å². The first-order valence-electron chi connectivity index (χ1n) is 6.34. The summed E-state index contributed by atoms with van der Waals surface area (Å²) in [4.78, 5) is 18.9. The number of H-pyrrole nitrogens is 1. The van der Waals surface area contributed by atoms with Crippen LogP contribution < -0.4 is 16.2 Å². The van der Waals surface area contributed by atoms with Gasteiger partial charge < -0.3 is 10.6 Å². The van der Waals surface area contributed by atoms with Crippen LogP contribution in [-0.4, -0.2) is 15.1 Å². The van der Waals surface area contributed by atoms with Crippen molar-refractivity contribution >= 4 is 39.9 Å². The predicted octanol–water partition coefficient (Wildman–Crippen LogP) is 2.73. The lowest BCUT2D eigenvalue weighted by Gasteiger charge is -2.09. The minimum Gasteiger partial charge on any atom is -0.332 e. The van der Waals surface area contributed by atoms with Crippen molar-refractivity contribution in [2.75, 3.05) is 10.6 Å². The molecule has 3 aromatic rings. The fraction of sp³-hybridized carbons (Fsp3) is 0. The maximum absolute atomic E-state index is 11.9. The van der Waals surface area contributed by atoms with Crippen molar-refractivity contribution in [2.24, 2.45) is 0 Å². The summed E-state index contributed by atoms with van der Waals surface area (Å²) in [6.07, 6.45) is 0. The lowest BCUT2D eigenvalue weighted by Crippen LogP contribution is -2.22. The zero-order valence-electron chi connectivity index (χ0n) is 11.0. The number of fused-ring (bicyclic) bond motifs is 1. The van der Waals surface area contributed by atoms with E-state index in [1.807, 2.05) is 36.4 Å². The SMILES string of the molecule is O=c1[nH]c(NC(=S)Nc2ccccc2)nc2ccccc12. The number of aromatic nitrogens is 2. The molecule has 1 heterocycles. The van der Waals surface area contributed by atoms with Crippen LogP contribution in [0.1, 0.15) is 0 Å². The molecule has 5 nitrogen and oxygen atoms in total. The van der Waals surface area contributed by atoms with E-state index in [4.69, 9.17) is 12.2 Å². The highest BCUT2D eigenvalue weighted by Gasteiger charge is 2.04. The third-order valence-electron chi connectivity index (χ3n) is 2.88. The molecule has 6 heteroatoms. The van der Waals surface area contributed by atoms with Crippen molar-refractivity contribution in [3.63, 3.8) is 0 Å². The molecule has 0 atom stereocenters. The molecule has 0 amide bonds. The Morgan fingerprint density at radius 3 is 2.52 bits per heavy atom. The Bertz CT molecular complexity index is 845. The topological polar surface area (TPSA) is 69.8 Å². The van der Waals surface area contributed by atoms with E-state index in [0.717, 1.165) is 5.69 Å². The predicted molar refractivity (Wildman–Crippen MR) is 88.6 cm³/mol. The number of benzene rings is 2. The monoisotopic (exact) mass is 296 g/mol. The van der Waals surface area contributed by atoms with Crippen molar-refractivity contribution < 1.29 is 0 Å². The molecular weight excluding hydrogens is 284 g/mol. The van der Waals surface area contributed by atoms with Crippen LogP contribution in [0.3, 0.4) is 0 Å². The average Bonchev–Trinajstić information content (AvgIpc) is 2.48. The molecule has 0 bridgehead atoms. The lowest BCUT2D eigenvalue weighted by atomic mass is 10.2. The summed E-state index contributed by atoms with van der Waals surface area (Å²) >= 11 is 5.20. The molecule has 0 aliphatic rings. The smallest absolute Gasteiger partial charge is 0.260 e. The summed E-state index contributed by atoms with van der Waals surface area (Å²) in [6, 6.07) is 16.7. The second-order valence-corrected chi connectivity index (χ2v) is 4.79. The van der Waals surface area contributed by atoms with Gasteiger partial charge >= 0.3 is 0 Å². The van der Waals surface area contributed by atoms with Crippen LogP contribution in [0.5, 0.6) is 0 Å². The molecule has 3 N–H and O–H groups in total. The summed E-state index contributed by atoms with van der Waals surface area (Å²) in [7, 11) is 0. The molecule has 2 aromatic carbocycles. The normalized spacial score (nSPS) is 10.3. The molecule has 0 aliphatic carbocycles. The van der Waals surface area contributed by atoms with Crippen LogP contribution in [0.15, 0.2) is 59.4 Å². The van der Waals surface area contributed by atoms with Crippen molar-refractivity contribution in [2.45, 2.75) is 0 Å². The Morgan fingerprint density at radius 2 is 1.71 bits per heavy atom. The second kappa shape index (κ2) is 5.72. The van der Waals surface area contributed by atoms with E-state index in [-0.39, 0.29) is 5.56 Å². The Labute approximate surface area is 126 Å². The fourth-order valence-corrected chi connectivity index (χ4v) is 2.15. The molecule has 0 radical (unpaired) electrons. The first kappa shape index (κ1) is 13.3. The molecule has 21 heavy (non-hydrogen) atoms. The van der Waals surface area contributed by atoms with E-state index in [1.165, 1.54) is 0 Å². The number of aromatic amines is 1. The molecule has 0 fully saturated rings. The first-order valence-corrected chi connectivity index (χ1v) is 6.75. The van der Waals surface area contributed by atoms with E-state index in [9.17, 15) is 4.79 Å². The van der Waals surface area contributed by atoms with Gasteiger partial charge in [-0.2, -0.15) is 0 Å². The van der Waals surface area contributed by atoms with E-state index in [0.29, 0.717) is 22.0 Å². The molecule has 104 valence electrons. The maximum Gasteiger partial charge on any atom is 0.260 e. The first-order chi connectivity index (χ1) is 10.2. The van der Waals surface area contributed by atoms with E-state index < -0.39 is 0 Å². The van der Waals surface area contributed by atoms with Crippen molar-refractivity contribution in [3.05, 3.63) is 65.0 Å². The molecular formula is C15H12N4OS. The number of nitrogens with one attached hydrogen (secondary N) is 3. The Hall–Kier alpha value is -2.73. The minimum absolute atomic E-state index is 0.203. The highest BCUT2D eigenvalue weighted by atomic mass is 32.1. The summed E-state index contributed by atoms with van der Waals surface area (Å²) < 4.78 is 0.